The minimum absolute atomic E-state index is 0.0906. The predicted octanol–water partition coefficient (Wildman–Crippen LogP) is 2.39. The second kappa shape index (κ2) is 5.32. The fourth-order valence-electron chi connectivity index (χ4n) is 2.15. The van der Waals surface area contributed by atoms with Gasteiger partial charge < -0.3 is 9.64 Å². The number of hydrogen-bond donors (Lipinski definition) is 0. The Kier molecular flexibility index (Phi) is 3.79. The molecule has 1 aromatic carbocycles. The van der Waals surface area contributed by atoms with Gasteiger partial charge in [-0.15, -0.1) is 0 Å². The summed E-state index contributed by atoms with van der Waals surface area (Å²) >= 11 is 0. The largest absolute Gasteiger partial charge is 0.368 e. The topological polar surface area (TPSA) is 29.5 Å². The van der Waals surface area contributed by atoms with Crippen LogP contribution in [0.2, 0.25) is 0 Å². The van der Waals surface area contributed by atoms with Gasteiger partial charge in [0, 0.05) is 13.7 Å². The van der Waals surface area contributed by atoms with Gasteiger partial charge in [-0.1, -0.05) is 30.3 Å². The third-order valence-corrected chi connectivity index (χ3v) is 3.42. The van der Waals surface area contributed by atoms with E-state index >= 15 is 0 Å². The van der Waals surface area contributed by atoms with Gasteiger partial charge in [-0.2, -0.15) is 0 Å². The Labute approximate surface area is 102 Å². The monoisotopic (exact) mass is 233 g/mol. The minimum Gasteiger partial charge on any atom is -0.368 e. The second-order valence-corrected chi connectivity index (χ2v) is 4.54. The Balaban J connectivity index is 2.04. The lowest BCUT2D eigenvalue weighted by atomic mass is 10.1. The molecule has 2 rings (SSSR count). The van der Waals surface area contributed by atoms with Crippen LogP contribution < -0.4 is 0 Å². The maximum absolute atomic E-state index is 12.2. The third-order valence-electron chi connectivity index (χ3n) is 3.42. The van der Waals surface area contributed by atoms with Gasteiger partial charge in [0.15, 0.2) is 0 Å². The molecule has 1 aromatic rings. The van der Waals surface area contributed by atoms with Crippen LogP contribution in [0.15, 0.2) is 30.3 Å². The maximum atomic E-state index is 12.2. The van der Waals surface area contributed by atoms with E-state index in [9.17, 15) is 4.79 Å². The number of hydrogen-bond acceptors (Lipinski definition) is 2. The van der Waals surface area contributed by atoms with Crippen molar-refractivity contribution in [2.45, 2.75) is 31.9 Å². The number of amides is 1. The standard InChI is InChI=1S/C14H19NO2/c1-11(12-7-4-3-5-8-12)15(2)14(16)13-9-6-10-17-13/h3-5,7-8,11,13H,6,9-10H2,1-2H3. The van der Waals surface area contributed by atoms with Crippen LogP contribution >= 0.6 is 0 Å². The zero-order chi connectivity index (χ0) is 12.3. The van der Waals surface area contributed by atoms with Gasteiger partial charge in [0.1, 0.15) is 6.10 Å². The van der Waals surface area contributed by atoms with Crippen molar-refractivity contribution in [2.24, 2.45) is 0 Å². The molecular weight excluding hydrogens is 214 g/mol. The molecule has 1 aliphatic rings. The normalized spacial score (nSPS) is 21.2. The fourth-order valence-corrected chi connectivity index (χ4v) is 2.15. The summed E-state index contributed by atoms with van der Waals surface area (Å²) in [6.45, 7) is 2.76. The molecule has 1 heterocycles. The van der Waals surface area contributed by atoms with Crippen LogP contribution in [0, 0.1) is 0 Å². The molecule has 2 unspecified atom stereocenters. The summed E-state index contributed by atoms with van der Waals surface area (Å²) in [5.74, 6) is 0.0962. The molecule has 92 valence electrons. The van der Waals surface area contributed by atoms with E-state index in [1.54, 1.807) is 4.90 Å². The van der Waals surface area contributed by atoms with E-state index in [-0.39, 0.29) is 18.1 Å². The number of nitrogens with zero attached hydrogens (tertiary/aromatic N) is 1. The van der Waals surface area contributed by atoms with E-state index in [4.69, 9.17) is 4.74 Å². The van der Waals surface area contributed by atoms with Gasteiger partial charge in [0.05, 0.1) is 6.04 Å². The zero-order valence-corrected chi connectivity index (χ0v) is 10.4. The molecule has 17 heavy (non-hydrogen) atoms. The van der Waals surface area contributed by atoms with Crippen LogP contribution in [0.3, 0.4) is 0 Å². The van der Waals surface area contributed by atoms with E-state index in [1.165, 1.54) is 0 Å². The van der Waals surface area contributed by atoms with Crippen LogP contribution in [-0.4, -0.2) is 30.6 Å². The number of ether oxygens (including phenoxy) is 1. The smallest absolute Gasteiger partial charge is 0.251 e. The molecular formula is C14H19NO2. The molecule has 1 saturated heterocycles. The van der Waals surface area contributed by atoms with Gasteiger partial charge in [0.2, 0.25) is 0 Å². The molecule has 0 aromatic heterocycles. The summed E-state index contributed by atoms with van der Waals surface area (Å²) < 4.78 is 5.43. The van der Waals surface area contributed by atoms with Crippen LogP contribution in [0.25, 0.3) is 0 Å². The molecule has 0 radical (unpaired) electrons. The van der Waals surface area contributed by atoms with Crippen molar-refractivity contribution < 1.29 is 9.53 Å². The molecule has 0 spiro atoms. The van der Waals surface area contributed by atoms with Gasteiger partial charge >= 0.3 is 0 Å². The Morgan fingerprint density at radius 1 is 1.41 bits per heavy atom. The lowest BCUT2D eigenvalue weighted by Crippen LogP contribution is -2.37. The lowest BCUT2D eigenvalue weighted by molar-refractivity contribution is -0.141. The van der Waals surface area contributed by atoms with Crippen molar-refractivity contribution in [3.8, 4) is 0 Å². The fraction of sp³-hybridized carbons (Fsp3) is 0.500. The lowest BCUT2D eigenvalue weighted by Gasteiger charge is -2.27. The third kappa shape index (κ3) is 2.67. The van der Waals surface area contributed by atoms with Gasteiger partial charge in [0.25, 0.3) is 5.91 Å². The average molecular weight is 233 g/mol. The highest BCUT2D eigenvalue weighted by Gasteiger charge is 2.28. The van der Waals surface area contributed by atoms with E-state index in [0.29, 0.717) is 6.61 Å². The van der Waals surface area contributed by atoms with E-state index in [0.717, 1.165) is 18.4 Å². The molecule has 1 aliphatic heterocycles. The SMILES string of the molecule is CC(c1ccccc1)N(C)C(=O)C1CCCO1. The molecule has 0 saturated carbocycles. The predicted molar refractivity (Wildman–Crippen MR) is 66.6 cm³/mol. The number of carbonyl (C=O) groups excluding carboxylic acids is 1. The van der Waals surface area contributed by atoms with Crippen molar-refractivity contribution in [3.05, 3.63) is 35.9 Å². The van der Waals surface area contributed by atoms with Crippen LogP contribution in [0.5, 0.6) is 0 Å². The first kappa shape index (κ1) is 12.1. The quantitative estimate of drug-likeness (QED) is 0.802. The van der Waals surface area contributed by atoms with Crippen LogP contribution in [0.4, 0.5) is 0 Å². The molecule has 3 heteroatoms. The summed E-state index contributed by atoms with van der Waals surface area (Å²) in [7, 11) is 1.85. The molecule has 0 bridgehead atoms. The summed E-state index contributed by atoms with van der Waals surface area (Å²) in [5.41, 5.74) is 1.15. The van der Waals surface area contributed by atoms with Gasteiger partial charge in [-0.3, -0.25) is 4.79 Å². The molecule has 2 atom stereocenters. The van der Waals surface area contributed by atoms with E-state index < -0.39 is 0 Å². The molecule has 3 nitrogen and oxygen atoms in total. The van der Waals surface area contributed by atoms with Gasteiger partial charge in [-0.05, 0) is 25.3 Å². The van der Waals surface area contributed by atoms with Gasteiger partial charge in [-0.25, -0.2) is 0 Å². The van der Waals surface area contributed by atoms with Crippen molar-refractivity contribution in [1.29, 1.82) is 0 Å². The Bertz CT molecular complexity index is 371. The first-order valence-corrected chi connectivity index (χ1v) is 6.13. The van der Waals surface area contributed by atoms with Crippen molar-refractivity contribution in [3.63, 3.8) is 0 Å². The second-order valence-electron chi connectivity index (χ2n) is 4.54. The van der Waals surface area contributed by atoms with E-state index in [2.05, 4.69) is 0 Å². The summed E-state index contributed by atoms with van der Waals surface area (Å²) in [6, 6.07) is 10.2. The Morgan fingerprint density at radius 2 is 2.12 bits per heavy atom. The highest BCUT2D eigenvalue weighted by Crippen LogP contribution is 2.22. The Morgan fingerprint density at radius 3 is 2.71 bits per heavy atom. The maximum Gasteiger partial charge on any atom is 0.251 e. The summed E-state index contributed by atoms with van der Waals surface area (Å²) in [4.78, 5) is 13.9. The van der Waals surface area contributed by atoms with Crippen molar-refractivity contribution >= 4 is 5.91 Å². The first-order chi connectivity index (χ1) is 8.20. The highest BCUT2D eigenvalue weighted by molar-refractivity contribution is 5.81. The molecule has 1 amide bonds. The summed E-state index contributed by atoms with van der Waals surface area (Å²) in [6.07, 6.45) is 1.61. The number of likely N-dealkylation sites (N-methyl/N-ethyl adjacent to an activating group) is 1. The molecule has 0 aliphatic carbocycles. The Hall–Kier alpha value is -1.35. The van der Waals surface area contributed by atoms with Crippen molar-refractivity contribution in [2.75, 3.05) is 13.7 Å². The van der Waals surface area contributed by atoms with E-state index in [1.807, 2.05) is 44.3 Å². The molecule has 0 N–H and O–H groups in total. The zero-order valence-electron chi connectivity index (χ0n) is 10.4. The summed E-state index contributed by atoms with van der Waals surface area (Å²) in [5, 5.41) is 0. The minimum atomic E-state index is -0.230. The first-order valence-electron chi connectivity index (χ1n) is 6.13. The van der Waals surface area contributed by atoms with Crippen LogP contribution in [0.1, 0.15) is 31.4 Å². The number of carbonyl (C=O) groups is 1. The van der Waals surface area contributed by atoms with Crippen LogP contribution in [-0.2, 0) is 9.53 Å². The number of benzene rings is 1. The van der Waals surface area contributed by atoms with Crippen molar-refractivity contribution in [1.82, 2.24) is 4.90 Å². The molecule has 1 fully saturated rings. The average Bonchev–Trinajstić information content (AvgIpc) is 2.91. The highest BCUT2D eigenvalue weighted by atomic mass is 16.5. The number of rotatable bonds is 3.